The quantitative estimate of drug-likeness (QED) is 0.427. The van der Waals surface area contributed by atoms with Gasteiger partial charge in [0.1, 0.15) is 13.2 Å². The molecule has 1 amide bonds. The lowest BCUT2D eigenvalue weighted by Crippen LogP contribution is -2.29. The lowest BCUT2D eigenvalue weighted by molar-refractivity contribution is 0.0955. The van der Waals surface area contributed by atoms with Crippen molar-refractivity contribution in [2.45, 2.75) is 6.54 Å². The van der Waals surface area contributed by atoms with Crippen molar-refractivity contribution in [3.8, 4) is 11.5 Å². The third-order valence-electron chi connectivity index (χ3n) is 4.95. The van der Waals surface area contributed by atoms with Gasteiger partial charge in [-0.25, -0.2) is 13.8 Å². The first-order chi connectivity index (χ1) is 15.9. The summed E-state index contributed by atoms with van der Waals surface area (Å²) < 4.78 is 37.1. The minimum absolute atomic E-state index is 0.197. The summed E-state index contributed by atoms with van der Waals surface area (Å²) in [5.41, 5.74) is 4.83. The highest BCUT2D eigenvalue weighted by atomic mass is 32.2. The minimum atomic E-state index is -3.51. The molecule has 0 aromatic heterocycles. The normalized spacial score (nSPS) is 13.0. The Morgan fingerprint density at radius 3 is 2.45 bits per heavy atom. The molecule has 0 saturated carbocycles. The average Bonchev–Trinajstić information content (AvgIpc) is 2.83. The number of nitrogens with one attached hydrogen (secondary N) is 1. The molecule has 0 spiro atoms. The predicted molar refractivity (Wildman–Crippen MR) is 126 cm³/mol. The number of sulfonamides is 1. The fraction of sp³-hybridized carbons (Fsp3) is 0.167. The van der Waals surface area contributed by atoms with Gasteiger partial charge in [0.15, 0.2) is 11.5 Å². The Labute approximate surface area is 192 Å². The van der Waals surface area contributed by atoms with Crippen molar-refractivity contribution in [2.24, 2.45) is 5.10 Å². The number of carbonyl (C=O) groups is 1. The second kappa shape index (κ2) is 9.74. The van der Waals surface area contributed by atoms with E-state index >= 15 is 0 Å². The Balaban J connectivity index is 1.45. The van der Waals surface area contributed by atoms with Gasteiger partial charge in [-0.3, -0.25) is 9.10 Å². The number of nitrogens with zero attached hydrogens (tertiary/aromatic N) is 2. The molecule has 3 aromatic rings. The fourth-order valence-electron chi connectivity index (χ4n) is 3.35. The number of hydrazone groups is 1. The van der Waals surface area contributed by atoms with Gasteiger partial charge in [0.05, 0.1) is 24.7 Å². The summed E-state index contributed by atoms with van der Waals surface area (Å²) in [5, 5.41) is 4.01. The SMILES string of the molecule is CS(=O)(=O)N(Cc1ccccc1)c1ccc(C(=O)N/N=C\c2cccc3c2OCCO3)cc1. The van der Waals surface area contributed by atoms with Crippen molar-refractivity contribution in [1.29, 1.82) is 0 Å². The van der Waals surface area contributed by atoms with E-state index in [9.17, 15) is 13.2 Å². The average molecular weight is 466 g/mol. The van der Waals surface area contributed by atoms with E-state index in [-0.39, 0.29) is 6.54 Å². The number of rotatable bonds is 7. The van der Waals surface area contributed by atoms with Crippen molar-refractivity contribution >= 4 is 27.8 Å². The summed E-state index contributed by atoms with van der Waals surface area (Å²) in [6.07, 6.45) is 2.65. The Hall–Kier alpha value is -3.85. The summed E-state index contributed by atoms with van der Waals surface area (Å²) in [7, 11) is -3.51. The largest absolute Gasteiger partial charge is 0.486 e. The lowest BCUT2D eigenvalue weighted by Gasteiger charge is -2.22. The molecule has 9 heteroatoms. The number of carbonyl (C=O) groups excluding carboxylic acids is 1. The zero-order chi connectivity index (χ0) is 23.3. The number of benzene rings is 3. The zero-order valence-electron chi connectivity index (χ0n) is 18.0. The van der Waals surface area contributed by atoms with Crippen LogP contribution < -0.4 is 19.2 Å². The number of para-hydroxylation sites is 1. The van der Waals surface area contributed by atoms with Crippen LogP contribution in [-0.4, -0.2) is 40.0 Å². The fourth-order valence-corrected chi connectivity index (χ4v) is 4.24. The van der Waals surface area contributed by atoms with E-state index in [2.05, 4.69) is 10.5 Å². The zero-order valence-corrected chi connectivity index (χ0v) is 18.8. The van der Waals surface area contributed by atoms with Gasteiger partial charge in [-0.05, 0) is 42.0 Å². The number of anilines is 1. The molecule has 1 aliphatic heterocycles. The molecule has 0 radical (unpaired) electrons. The lowest BCUT2D eigenvalue weighted by atomic mass is 10.2. The van der Waals surface area contributed by atoms with E-state index in [0.29, 0.717) is 41.5 Å². The Bertz CT molecular complexity index is 1260. The van der Waals surface area contributed by atoms with Gasteiger partial charge in [0.25, 0.3) is 5.91 Å². The summed E-state index contributed by atoms with van der Waals surface area (Å²) in [4.78, 5) is 12.5. The van der Waals surface area contributed by atoms with Crippen LogP contribution >= 0.6 is 0 Å². The van der Waals surface area contributed by atoms with Crippen molar-refractivity contribution in [3.05, 3.63) is 89.5 Å². The molecule has 8 nitrogen and oxygen atoms in total. The number of amides is 1. The van der Waals surface area contributed by atoms with Gasteiger partial charge in [0, 0.05) is 11.1 Å². The van der Waals surface area contributed by atoms with E-state index in [1.807, 2.05) is 48.5 Å². The van der Waals surface area contributed by atoms with Crippen LogP contribution in [0.5, 0.6) is 11.5 Å². The highest BCUT2D eigenvalue weighted by Gasteiger charge is 2.18. The van der Waals surface area contributed by atoms with Crippen LogP contribution in [0, 0.1) is 0 Å². The second-order valence-electron chi connectivity index (χ2n) is 7.37. The molecule has 170 valence electrons. The molecule has 0 unspecified atom stereocenters. The topological polar surface area (TPSA) is 97.3 Å². The van der Waals surface area contributed by atoms with Gasteiger partial charge >= 0.3 is 0 Å². The number of hydrogen-bond donors (Lipinski definition) is 1. The van der Waals surface area contributed by atoms with Gasteiger partial charge in [-0.1, -0.05) is 36.4 Å². The molecule has 0 aliphatic carbocycles. The van der Waals surface area contributed by atoms with Crippen molar-refractivity contribution in [3.63, 3.8) is 0 Å². The van der Waals surface area contributed by atoms with Crippen LogP contribution in [0.15, 0.2) is 77.9 Å². The third-order valence-corrected chi connectivity index (χ3v) is 6.09. The van der Waals surface area contributed by atoms with Gasteiger partial charge < -0.3 is 9.47 Å². The second-order valence-corrected chi connectivity index (χ2v) is 9.28. The Morgan fingerprint density at radius 2 is 1.73 bits per heavy atom. The summed E-state index contributed by atoms with van der Waals surface area (Å²) in [5.74, 6) is 0.803. The molecular weight excluding hydrogens is 442 g/mol. The van der Waals surface area contributed by atoms with Gasteiger partial charge in [-0.15, -0.1) is 0 Å². The van der Waals surface area contributed by atoms with Crippen LogP contribution in [0.3, 0.4) is 0 Å². The monoisotopic (exact) mass is 465 g/mol. The molecule has 1 aliphatic rings. The maximum Gasteiger partial charge on any atom is 0.271 e. The van der Waals surface area contributed by atoms with E-state index in [1.165, 1.54) is 10.5 Å². The van der Waals surface area contributed by atoms with E-state index in [0.717, 1.165) is 11.8 Å². The molecule has 0 bridgehead atoms. The molecule has 33 heavy (non-hydrogen) atoms. The number of fused-ring (bicyclic) bond motifs is 1. The van der Waals surface area contributed by atoms with Crippen molar-refractivity contribution in [1.82, 2.24) is 5.43 Å². The summed E-state index contributed by atoms with van der Waals surface area (Å²) in [6, 6.07) is 21.1. The van der Waals surface area contributed by atoms with Crippen molar-refractivity contribution in [2.75, 3.05) is 23.8 Å². The molecule has 0 atom stereocenters. The molecule has 3 aromatic carbocycles. The van der Waals surface area contributed by atoms with Crippen LogP contribution in [0.1, 0.15) is 21.5 Å². The summed E-state index contributed by atoms with van der Waals surface area (Å²) in [6.45, 7) is 1.14. The minimum Gasteiger partial charge on any atom is -0.486 e. The molecule has 1 N–H and O–H groups in total. The van der Waals surface area contributed by atoms with Crippen LogP contribution in [0.2, 0.25) is 0 Å². The van der Waals surface area contributed by atoms with E-state index < -0.39 is 15.9 Å². The van der Waals surface area contributed by atoms with E-state index in [4.69, 9.17) is 9.47 Å². The highest BCUT2D eigenvalue weighted by molar-refractivity contribution is 7.92. The maximum absolute atomic E-state index is 12.5. The van der Waals surface area contributed by atoms with Crippen LogP contribution in [0.25, 0.3) is 0 Å². The predicted octanol–water partition coefficient (Wildman–Crippen LogP) is 3.19. The first kappa shape index (κ1) is 22.3. The number of hydrogen-bond acceptors (Lipinski definition) is 6. The van der Waals surface area contributed by atoms with Crippen molar-refractivity contribution < 1.29 is 22.7 Å². The molecule has 1 heterocycles. The maximum atomic E-state index is 12.5. The Morgan fingerprint density at radius 1 is 1.00 bits per heavy atom. The molecule has 4 rings (SSSR count). The molecular formula is C24H23N3O5S. The first-order valence-corrected chi connectivity index (χ1v) is 12.1. The molecule has 0 fully saturated rings. The van der Waals surface area contributed by atoms with Crippen LogP contribution in [0.4, 0.5) is 5.69 Å². The van der Waals surface area contributed by atoms with Gasteiger partial charge in [0.2, 0.25) is 10.0 Å². The first-order valence-electron chi connectivity index (χ1n) is 10.3. The third kappa shape index (κ3) is 5.50. The highest BCUT2D eigenvalue weighted by Crippen LogP contribution is 2.32. The Kier molecular flexibility index (Phi) is 6.60. The smallest absolute Gasteiger partial charge is 0.271 e. The van der Waals surface area contributed by atoms with Gasteiger partial charge in [-0.2, -0.15) is 5.10 Å². The number of ether oxygens (including phenoxy) is 2. The van der Waals surface area contributed by atoms with E-state index in [1.54, 1.807) is 24.3 Å². The molecule has 0 saturated heterocycles. The van der Waals surface area contributed by atoms with Crippen LogP contribution in [-0.2, 0) is 16.6 Å². The summed E-state index contributed by atoms with van der Waals surface area (Å²) >= 11 is 0. The standard InChI is InChI=1S/C24H23N3O5S/c1-33(29,30)27(17-18-6-3-2-4-7-18)21-12-10-19(11-13-21)24(28)26-25-16-20-8-5-9-22-23(20)32-15-14-31-22/h2-13,16H,14-15,17H2,1H3,(H,26,28)/b25-16-.